The smallest absolute Gasteiger partial charge is 0.311 e. The third-order valence-electron chi connectivity index (χ3n) is 8.63. The summed E-state index contributed by atoms with van der Waals surface area (Å²) in [6, 6.07) is 31.8. The summed E-state index contributed by atoms with van der Waals surface area (Å²) in [7, 11) is 2.83. The zero-order valence-corrected chi connectivity index (χ0v) is 25.1. The van der Waals surface area contributed by atoms with Crippen molar-refractivity contribution < 1.29 is 19.1 Å². The number of hydrogen-bond donors (Lipinski definition) is 0. The Morgan fingerprint density at radius 2 is 1.25 bits per heavy atom. The molecule has 0 aromatic heterocycles. The molecule has 4 unspecified atom stereocenters. The molecule has 3 rings (SSSR count). The van der Waals surface area contributed by atoms with E-state index in [0.29, 0.717) is 18.8 Å². The number of ether oxygens (including phenoxy) is 2. The minimum Gasteiger partial charge on any atom is -0.469 e. The topological polar surface area (TPSA) is 52.6 Å². The van der Waals surface area contributed by atoms with E-state index in [-0.39, 0.29) is 17.9 Å². The highest BCUT2D eigenvalue weighted by molar-refractivity contribution is 5.79. The maximum Gasteiger partial charge on any atom is 0.311 e. The van der Waals surface area contributed by atoms with E-state index in [4.69, 9.17) is 9.47 Å². The van der Waals surface area contributed by atoms with Gasteiger partial charge in [0.2, 0.25) is 0 Å². The van der Waals surface area contributed by atoms with Gasteiger partial charge < -0.3 is 9.47 Å². The molecule has 0 aliphatic rings. The summed E-state index contributed by atoms with van der Waals surface area (Å²) >= 11 is 0. The molecule has 0 amide bonds. The summed E-state index contributed by atoms with van der Waals surface area (Å²) in [5.74, 6) is -0.280. The van der Waals surface area contributed by atoms with Crippen molar-refractivity contribution in [2.24, 2.45) is 17.3 Å². The lowest BCUT2D eigenvalue weighted by molar-refractivity contribution is -0.156. The summed E-state index contributed by atoms with van der Waals surface area (Å²) in [4.78, 5) is 26.2. The summed E-state index contributed by atoms with van der Waals surface area (Å²) < 4.78 is 10.5. The number of carbonyl (C=O) groups is 2. The normalized spacial score (nSPS) is 15.3. The second-order valence-corrected chi connectivity index (χ2v) is 11.7. The number of methoxy groups -OCH3 is 2. The fourth-order valence-corrected chi connectivity index (χ4v) is 6.43. The van der Waals surface area contributed by atoms with Crippen LogP contribution in [-0.2, 0) is 24.5 Å². The average Bonchev–Trinajstić information content (AvgIpc) is 3.00. The number of esters is 2. The second kappa shape index (κ2) is 14.3. The van der Waals surface area contributed by atoms with Crippen molar-refractivity contribution in [1.82, 2.24) is 0 Å². The first-order valence-corrected chi connectivity index (χ1v) is 14.5. The van der Waals surface area contributed by atoms with Crippen molar-refractivity contribution >= 4 is 11.9 Å². The molecule has 0 bridgehead atoms. The van der Waals surface area contributed by atoms with Gasteiger partial charge in [-0.2, -0.15) is 0 Å². The van der Waals surface area contributed by atoms with Gasteiger partial charge in [0, 0.05) is 5.41 Å². The van der Waals surface area contributed by atoms with E-state index < -0.39 is 16.7 Å². The van der Waals surface area contributed by atoms with Gasteiger partial charge in [0.05, 0.1) is 25.6 Å². The van der Waals surface area contributed by atoms with Gasteiger partial charge in [0.25, 0.3) is 0 Å². The van der Waals surface area contributed by atoms with Crippen LogP contribution in [0.2, 0.25) is 0 Å². The molecule has 0 aliphatic heterocycles. The SMILES string of the molecule is CCC(C)CC(CC(CC(C)(CC(C)C(=O)OC)C(=O)OC)(c1ccccc1)c1ccccc1)c1ccccc1. The van der Waals surface area contributed by atoms with Crippen LogP contribution in [0.15, 0.2) is 91.0 Å². The molecule has 4 atom stereocenters. The minimum atomic E-state index is -0.939. The molecule has 3 aromatic carbocycles. The minimum absolute atomic E-state index is 0.261. The summed E-state index contributed by atoms with van der Waals surface area (Å²) in [6.07, 6.45) is 3.77. The largest absolute Gasteiger partial charge is 0.469 e. The molecule has 214 valence electrons. The molecule has 0 N–H and O–H groups in total. The second-order valence-electron chi connectivity index (χ2n) is 11.7. The van der Waals surface area contributed by atoms with Crippen molar-refractivity contribution in [3.05, 3.63) is 108 Å². The Hall–Kier alpha value is -3.40. The first-order valence-electron chi connectivity index (χ1n) is 14.5. The molecular weight excluding hydrogens is 496 g/mol. The molecule has 40 heavy (non-hydrogen) atoms. The molecule has 4 nitrogen and oxygen atoms in total. The molecule has 0 radical (unpaired) electrons. The Morgan fingerprint density at radius 3 is 1.70 bits per heavy atom. The van der Waals surface area contributed by atoms with E-state index in [1.807, 2.05) is 26.0 Å². The van der Waals surface area contributed by atoms with Crippen LogP contribution in [0.25, 0.3) is 0 Å². The first kappa shape index (κ1) is 31.1. The van der Waals surface area contributed by atoms with E-state index >= 15 is 0 Å². The standard InChI is InChI=1S/C36H46O4/c1-7-27(2)23-30(29-17-11-8-12-18-29)25-36(31-19-13-9-14-20-31,32-21-15-10-16-22-32)26-35(4,34(38)40-6)24-28(3)33(37)39-5/h8-22,27-28,30H,7,23-26H2,1-6H3. The molecule has 0 saturated carbocycles. The molecule has 0 saturated heterocycles. The van der Waals surface area contributed by atoms with Crippen LogP contribution in [0, 0.1) is 17.3 Å². The lowest BCUT2D eigenvalue weighted by Gasteiger charge is -2.44. The Labute approximate surface area is 241 Å². The predicted octanol–water partition coefficient (Wildman–Crippen LogP) is 8.35. The molecular formula is C36H46O4. The van der Waals surface area contributed by atoms with Crippen LogP contribution >= 0.6 is 0 Å². The van der Waals surface area contributed by atoms with E-state index in [9.17, 15) is 9.59 Å². The van der Waals surface area contributed by atoms with Crippen molar-refractivity contribution in [1.29, 1.82) is 0 Å². The zero-order valence-electron chi connectivity index (χ0n) is 25.1. The summed E-state index contributed by atoms with van der Waals surface area (Å²) in [5, 5.41) is 0. The van der Waals surface area contributed by atoms with E-state index in [1.165, 1.54) is 19.8 Å². The van der Waals surface area contributed by atoms with Crippen LogP contribution in [0.3, 0.4) is 0 Å². The van der Waals surface area contributed by atoms with Gasteiger partial charge in [-0.05, 0) is 61.1 Å². The van der Waals surface area contributed by atoms with Crippen LogP contribution in [-0.4, -0.2) is 26.2 Å². The zero-order chi connectivity index (χ0) is 29.2. The van der Waals surface area contributed by atoms with Crippen molar-refractivity contribution in [2.75, 3.05) is 14.2 Å². The van der Waals surface area contributed by atoms with Crippen LogP contribution in [0.5, 0.6) is 0 Å². The molecule has 0 spiro atoms. The highest BCUT2D eigenvalue weighted by atomic mass is 16.5. The van der Waals surface area contributed by atoms with E-state index in [2.05, 4.69) is 92.7 Å². The van der Waals surface area contributed by atoms with Gasteiger partial charge in [-0.25, -0.2) is 0 Å². The monoisotopic (exact) mass is 542 g/mol. The van der Waals surface area contributed by atoms with Crippen LogP contribution in [0.4, 0.5) is 0 Å². The molecule has 0 fully saturated rings. The third kappa shape index (κ3) is 7.41. The van der Waals surface area contributed by atoms with Crippen LogP contribution < -0.4 is 0 Å². The Balaban J connectivity index is 2.27. The van der Waals surface area contributed by atoms with Crippen molar-refractivity contribution in [2.45, 2.75) is 71.1 Å². The van der Waals surface area contributed by atoms with E-state index in [1.54, 1.807) is 0 Å². The van der Waals surface area contributed by atoms with Gasteiger partial charge in [-0.1, -0.05) is 118 Å². The quantitative estimate of drug-likeness (QED) is 0.192. The highest BCUT2D eigenvalue weighted by Crippen LogP contribution is 2.51. The fourth-order valence-electron chi connectivity index (χ4n) is 6.43. The lowest BCUT2D eigenvalue weighted by Crippen LogP contribution is -2.42. The van der Waals surface area contributed by atoms with Gasteiger partial charge in [-0.15, -0.1) is 0 Å². The Kier molecular flexibility index (Phi) is 11.1. The summed E-state index contributed by atoms with van der Waals surface area (Å²) in [6.45, 7) is 8.34. The molecule has 3 aromatic rings. The number of rotatable bonds is 14. The number of carbonyl (C=O) groups excluding carboxylic acids is 2. The lowest BCUT2D eigenvalue weighted by atomic mass is 9.59. The molecule has 4 heteroatoms. The van der Waals surface area contributed by atoms with Crippen molar-refractivity contribution in [3.8, 4) is 0 Å². The number of benzene rings is 3. The fraction of sp³-hybridized carbons (Fsp3) is 0.444. The molecule has 0 aliphatic carbocycles. The maximum absolute atomic E-state index is 13.6. The van der Waals surface area contributed by atoms with Crippen LogP contribution in [0.1, 0.15) is 82.4 Å². The van der Waals surface area contributed by atoms with Gasteiger partial charge in [0.15, 0.2) is 0 Å². The summed E-state index contributed by atoms with van der Waals surface area (Å²) in [5.41, 5.74) is 2.17. The third-order valence-corrected chi connectivity index (χ3v) is 8.63. The van der Waals surface area contributed by atoms with E-state index in [0.717, 1.165) is 30.4 Å². The van der Waals surface area contributed by atoms with Gasteiger partial charge in [0.1, 0.15) is 0 Å². The van der Waals surface area contributed by atoms with Gasteiger partial charge in [-0.3, -0.25) is 9.59 Å². The average molecular weight is 543 g/mol. The highest BCUT2D eigenvalue weighted by Gasteiger charge is 2.48. The Morgan fingerprint density at radius 1 is 0.750 bits per heavy atom. The van der Waals surface area contributed by atoms with Gasteiger partial charge >= 0.3 is 11.9 Å². The predicted molar refractivity (Wildman–Crippen MR) is 162 cm³/mol. The Bertz CT molecular complexity index is 1150. The molecule has 0 heterocycles. The van der Waals surface area contributed by atoms with Crippen molar-refractivity contribution in [3.63, 3.8) is 0 Å². The first-order chi connectivity index (χ1) is 19.2. The maximum atomic E-state index is 13.6. The number of hydrogen-bond acceptors (Lipinski definition) is 4.